The van der Waals surface area contributed by atoms with Crippen molar-refractivity contribution in [3.05, 3.63) is 63.8 Å². The lowest BCUT2D eigenvalue weighted by molar-refractivity contribution is -0.138. The number of halogens is 5. The Bertz CT molecular complexity index is 1200. The van der Waals surface area contributed by atoms with E-state index in [1.54, 1.807) is 13.0 Å². The quantitative estimate of drug-likeness (QED) is 0.567. The van der Waals surface area contributed by atoms with Gasteiger partial charge in [-0.25, -0.2) is 18.7 Å². The van der Waals surface area contributed by atoms with Crippen LogP contribution in [0, 0.1) is 6.92 Å². The zero-order valence-corrected chi connectivity index (χ0v) is 16.7. The van der Waals surface area contributed by atoms with Gasteiger partial charge in [0.2, 0.25) is 0 Å². The molecule has 31 heavy (non-hydrogen) atoms. The molecule has 1 N–H and O–H groups in total. The lowest BCUT2D eigenvalue weighted by Gasteiger charge is -2.22. The lowest BCUT2D eigenvalue weighted by atomic mass is 9.97. The average Bonchev–Trinajstić information content (AvgIpc) is 3.49. The number of aromatic nitrogens is 3. The minimum atomic E-state index is -4.48. The van der Waals surface area contributed by atoms with Gasteiger partial charge in [0.05, 0.1) is 22.5 Å². The fraction of sp³-hybridized carbons (Fsp3) is 0.381. The first-order valence-electron chi connectivity index (χ1n) is 9.64. The van der Waals surface area contributed by atoms with Crippen molar-refractivity contribution in [2.45, 2.75) is 50.9 Å². The predicted octanol–water partition coefficient (Wildman–Crippen LogP) is 5.05. The summed E-state index contributed by atoms with van der Waals surface area (Å²) in [5, 5.41) is 3.39. The molecule has 0 bridgehead atoms. The third-order valence-electron chi connectivity index (χ3n) is 5.82. The molecule has 0 unspecified atom stereocenters. The number of nitrogens with one attached hydrogen (secondary N) is 1. The highest BCUT2D eigenvalue weighted by atomic mass is 19.4. The SMILES string of the molecule is Cc1c([C@@H](C)Nc2ncnc3cc(=O)n(C4(C(F)F)CC4)cc23)cccc1C(F)(F)F. The first-order valence-corrected chi connectivity index (χ1v) is 9.64. The molecule has 0 saturated heterocycles. The Morgan fingerprint density at radius 3 is 2.52 bits per heavy atom. The summed E-state index contributed by atoms with van der Waals surface area (Å²) < 4.78 is 67.9. The van der Waals surface area contributed by atoms with E-state index in [1.165, 1.54) is 31.6 Å². The van der Waals surface area contributed by atoms with Crippen LogP contribution in [0.4, 0.5) is 27.8 Å². The summed E-state index contributed by atoms with van der Waals surface area (Å²) >= 11 is 0. The molecule has 0 spiro atoms. The number of fused-ring (bicyclic) bond motifs is 1. The predicted molar refractivity (Wildman–Crippen MR) is 105 cm³/mol. The molecule has 3 aromatic rings. The van der Waals surface area contributed by atoms with Gasteiger partial charge in [-0.05, 0) is 43.9 Å². The van der Waals surface area contributed by atoms with Crippen LogP contribution in [-0.2, 0) is 11.7 Å². The third kappa shape index (κ3) is 3.64. The van der Waals surface area contributed by atoms with Crippen molar-refractivity contribution >= 4 is 16.7 Å². The zero-order chi connectivity index (χ0) is 22.6. The maximum absolute atomic E-state index is 13.6. The fourth-order valence-electron chi connectivity index (χ4n) is 3.90. The average molecular weight is 438 g/mol. The number of rotatable bonds is 5. The van der Waals surface area contributed by atoms with E-state index in [0.717, 1.165) is 10.6 Å². The van der Waals surface area contributed by atoms with Crippen molar-refractivity contribution < 1.29 is 22.0 Å². The van der Waals surface area contributed by atoms with Crippen LogP contribution in [-0.4, -0.2) is 21.0 Å². The molecule has 1 aliphatic carbocycles. The molecule has 2 heterocycles. The minimum absolute atomic E-state index is 0.0832. The van der Waals surface area contributed by atoms with E-state index in [9.17, 15) is 26.7 Å². The van der Waals surface area contributed by atoms with Crippen LogP contribution in [0.5, 0.6) is 0 Å². The first-order chi connectivity index (χ1) is 14.5. The van der Waals surface area contributed by atoms with Gasteiger partial charge in [-0.1, -0.05) is 12.1 Å². The van der Waals surface area contributed by atoms with Crippen LogP contribution in [0.1, 0.15) is 42.5 Å². The maximum atomic E-state index is 13.6. The third-order valence-corrected chi connectivity index (χ3v) is 5.82. The molecule has 10 heteroatoms. The summed E-state index contributed by atoms with van der Waals surface area (Å²) in [5.41, 5.74) is -2.08. The summed E-state index contributed by atoms with van der Waals surface area (Å²) in [7, 11) is 0. The van der Waals surface area contributed by atoms with Crippen molar-refractivity contribution in [2.24, 2.45) is 0 Å². The Morgan fingerprint density at radius 2 is 1.90 bits per heavy atom. The Kier molecular flexibility index (Phi) is 4.98. The van der Waals surface area contributed by atoms with E-state index in [2.05, 4.69) is 15.3 Å². The van der Waals surface area contributed by atoms with Crippen LogP contribution in [0.25, 0.3) is 10.9 Å². The summed E-state index contributed by atoms with van der Waals surface area (Å²) in [6.07, 6.45) is -4.29. The number of anilines is 1. The van der Waals surface area contributed by atoms with Gasteiger partial charge in [0.1, 0.15) is 17.7 Å². The number of alkyl halides is 5. The Balaban J connectivity index is 1.75. The van der Waals surface area contributed by atoms with Crippen LogP contribution in [0.3, 0.4) is 0 Å². The molecule has 1 fully saturated rings. The van der Waals surface area contributed by atoms with Gasteiger partial charge < -0.3 is 9.88 Å². The van der Waals surface area contributed by atoms with E-state index in [4.69, 9.17) is 0 Å². The molecule has 5 nitrogen and oxygen atoms in total. The molecule has 1 atom stereocenters. The van der Waals surface area contributed by atoms with Crippen LogP contribution < -0.4 is 10.9 Å². The number of pyridine rings is 1. The van der Waals surface area contributed by atoms with Gasteiger partial charge in [-0.3, -0.25) is 4.79 Å². The smallest absolute Gasteiger partial charge is 0.363 e. The Hall–Kier alpha value is -3.04. The number of nitrogens with zero attached hydrogens (tertiary/aromatic N) is 3. The summed E-state index contributed by atoms with van der Waals surface area (Å²) in [6, 6.07) is 4.52. The second-order valence-corrected chi connectivity index (χ2v) is 7.79. The molecule has 0 aliphatic heterocycles. The van der Waals surface area contributed by atoms with Crippen molar-refractivity contribution in [1.29, 1.82) is 0 Å². The monoisotopic (exact) mass is 438 g/mol. The largest absolute Gasteiger partial charge is 0.416 e. The van der Waals surface area contributed by atoms with Gasteiger partial charge in [-0.2, -0.15) is 13.2 Å². The molecule has 0 amide bonds. The second-order valence-electron chi connectivity index (χ2n) is 7.79. The topological polar surface area (TPSA) is 59.8 Å². The van der Waals surface area contributed by atoms with E-state index in [1.807, 2.05) is 0 Å². The summed E-state index contributed by atoms with van der Waals surface area (Å²) in [6.45, 7) is 3.07. The van der Waals surface area contributed by atoms with E-state index >= 15 is 0 Å². The molecule has 164 valence electrons. The standard InChI is InChI=1S/C21H19F5N4O/c1-11-13(4-3-5-15(11)21(24,25)26)12(2)29-18-14-9-30(20(6-7-20)19(22)23)17(31)8-16(14)27-10-28-18/h3-5,8-10,12,19H,6-7H2,1-2H3,(H,27,28,29)/t12-/m1/s1. The van der Waals surface area contributed by atoms with Crippen molar-refractivity contribution in [1.82, 2.24) is 14.5 Å². The minimum Gasteiger partial charge on any atom is -0.363 e. The van der Waals surface area contributed by atoms with E-state index in [0.29, 0.717) is 10.9 Å². The Morgan fingerprint density at radius 1 is 1.19 bits per heavy atom. The highest BCUT2D eigenvalue weighted by molar-refractivity contribution is 5.88. The highest BCUT2D eigenvalue weighted by Crippen LogP contribution is 2.48. The zero-order valence-electron chi connectivity index (χ0n) is 16.7. The van der Waals surface area contributed by atoms with E-state index in [-0.39, 0.29) is 29.7 Å². The van der Waals surface area contributed by atoms with Crippen LogP contribution in [0.2, 0.25) is 0 Å². The van der Waals surface area contributed by atoms with Gasteiger partial charge >= 0.3 is 6.18 Å². The van der Waals surface area contributed by atoms with Crippen molar-refractivity contribution in [3.63, 3.8) is 0 Å². The molecule has 2 aromatic heterocycles. The summed E-state index contributed by atoms with van der Waals surface area (Å²) in [5.74, 6) is 0.244. The molecule has 1 saturated carbocycles. The number of benzene rings is 1. The highest BCUT2D eigenvalue weighted by Gasteiger charge is 2.53. The molecule has 1 aromatic carbocycles. The number of hydrogen-bond donors (Lipinski definition) is 1. The van der Waals surface area contributed by atoms with Crippen LogP contribution in [0.15, 0.2) is 41.6 Å². The Labute approximate surface area is 173 Å². The maximum Gasteiger partial charge on any atom is 0.416 e. The van der Waals surface area contributed by atoms with Crippen LogP contribution >= 0.6 is 0 Å². The normalized spacial score (nSPS) is 16.5. The van der Waals surface area contributed by atoms with Crippen molar-refractivity contribution in [2.75, 3.05) is 5.32 Å². The molecule has 0 radical (unpaired) electrons. The molecule has 1 aliphatic rings. The number of hydrogen-bond acceptors (Lipinski definition) is 4. The van der Waals surface area contributed by atoms with E-state index < -0.39 is 35.3 Å². The molecule has 4 rings (SSSR count). The molecular formula is C21H19F5N4O. The van der Waals surface area contributed by atoms with Gasteiger partial charge in [0, 0.05) is 12.3 Å². The van der Waals surface area contributed by atoms with Crippen molar-refractivity contribution in [3.8, 4) is 0 Å². The summed E-state index contributed by atoms with van der Waals surface area (Å²) in [4.78, 5) is 20.6. The van der Waals surface area contributed by atoms with Gasteiger partial charge in [0.25, 0.3) is 12.0 Å². The molecular weight excluding hydrogens is 419 g/mol. The second kappa shape index (κ2) is 7.28. The fourth-order valence-corrected chi connectivity index (χ4v) is 3.90. The van der Waals surface area contributed by atoms with Gasteiger partial charge in [0.15, 0.2) is 0 Å². The lowest BCUT2D eigenvalue weighted by Crippen LogP contribution is -2.35. The van der Waals surface area contributed by atoms with Gasteiger partial charge in [-0.15, -0.1) is 0 Å². The first kappa shape index (κ1) is 21.2.